The Morgan fingerprint density at radius 1 is 0.320 bits per heavy atom. The normalized spacial score (nSPS) is 10.8. The predicted molar refractivity (Wildman–Crippen MR) is 109 cm³/mol. The first kappa shape index (κ1) is 16.2. The summed E-state index contributed by atoms with van der Waals surface area (Å²) in [5.74, 6) is 0. The maximum absolute atomic E-state index is 2.33. The predicted octanol–water partition coefficient (Wildman–Crippen LogP) is 3.87. The van der Waals surface area contributed by atoms with Crippen molar-refractivity contribution in [3.05, 3.63) is 115 Å². The molecule has 0 nitrogen and oxygen atoms in total. The molecule has 0 heterocycles. The Labute approximate surface area is 156 Å². The first-order chi connectivity index (χ1) is 12.4. The first-order valence-corrected chi connectivity index (χ1v) is 11.9. The third kappa shape index (κ3) is 3.69. The molecule has 0 unspecified atom stereocenters. The van der Waals surface area contributed by atoms with Gasteiger partial charge in [0.15, 0.2) is 0 Å². The summed E-state index contributed by atoms with van der Waals surface area (Å²) in [6, 6.07) is 41.8. The summed E-state index contributed by atoms with van der Waals surface area (Å²) in [5.41, 5.74) is 2.55. The van der Waals surface area contributed by atoms with Gasteiger partial charge in [0.1, 0.15) is 0 Å². The molecule has 0 spiro atoms. The van der Waals surface area contributed by atoms with Crippen molar-refractivity contribution in [2.75, 3.05) is 0 Å². The molecule has 0 N–H and O–H groups in total. The van der Waals surface area contributed by atoms with Gasteiger partial charge in [-0.2, -0.15) is 0 Å². The van der Waals surface area contributed by atoms with Gasteiger partial charge in [0.25, 0.3) is 0 Å². The molecule has 0 aliphatic carbocycles. The van der Waals surface area contributed by atoms with Crippen molar-refractivity contribution in [3.63, 3.8) is 0 Å². The monoisotopic (exact) mass is 437 g/mol. The van der Waals surface area contributed by atoms with Crippen LogP contribution in [0.25, 0.3) is 11.1 Å². The van der Waals surface area contributed by atoms with E-state index in [9.17, 15) is 0 Å². The molecule has 0 radical (unpaired) electrons. The van der Waals surface area contributed by atoms with E-state index in [0.29, 0.717) is 0 Å². The topological polar surface area (TPSA) is 0 Å². The van der Waals surface area contributed by atoms with Gasteiger partial charge in [-0.15, -0.1) is 0 Å². The van der Waals surface area contributed by atoms with Crippen molar-refractivity contribution < 1.29 is 0 Å². The minimum absolute atomic E-state index is 1.27. The Balaban J connectivity index is 1.75. The van der Waals surface area contributed by atoms with E-state index in [0.717, 1.165) is 0 Å². The second-order valence-electron chi connectivity index (χ2n) is 5.82. The molecular formula is C24H19Te+. The Kier molecular flexibility index (Phi) is 4.98. The van der Waals surface area contributed by atoms with Crippen LogP contribution >= 0.6 is 0 Å². The van der Waals surface area contributed by atoms with Crippen LogP contribution in [0.15, 0.2) is 115 Å². The van der Waals surface area contributed by atoms with Crippen LogP contribution in [0.1, 0.15) is 0 Å². The van der Waals surface area contributed by atoms with Crippen LogP contribution in [0.3, 0.4) is 0 Å². The number of hydrogen-bond acceptors (Lipinski definition) is 0. The summed E-state index contributed by atoms with van der Waals surface area (Å²) in [6.07, 6.45) is 0. The molecule has 0 saturated carbocycles. The number of benzene rings is 4. The molecule has 0 atom stereocenters. The van der Waals surface area contributed by atoms with Gasteiger partial charge < -0.3 is 0 Å². The number of hydrogen-bond donors (Lipinski definition) is 0. The molecule has 0 aromatic heterocycles. The van der Waals surface area contributed by atoms with Crippen molar-refractivity contribution in [1.82, 2.24) is 0 Å². The van der Waals surface area contributed by atoms with Gasteiger partial charge in [0.05, 0.1) is 0 Å². The summed E-state index contributed by atoms with van der Waals surface area (Å²) in [6.45, 7) is 0. The molecule has 0 aliphatic rings. The fourth-order valence-corrected chi connectivity index (χ4v) is 8.88. The fraction of sp³-hybridized carbons (Fsp3) is 0. The summed E-state index contributed by atoms with van der Waals surface area (Å²) in [5, 5.41) is 0. The zero-order valence-corrected chi connectivity index (χ0v) is 16.2. The molecule has 1 heteroatoms. The fourth-order valence-electron chi connectivity index (χ4n) is 2.94. The second kappa shape index (κ2) is 7.70. The van der Waals surface area contributed by atoms with Crippen LogP contribution in [0.5, 0.6) is 0 Å². The Morgan fingerprint density at radius 3 is 1.16 bits per heavy atom. The summed E-state index contributed by atoms with van der Waals surface area (Å²) in [4.78, 5) is 0. The average Bonchev–Trinajstić information content (AvgIpc) is 2.71. The van der Waals surface area contributed by atoms with E-state index in [1.807, 2.05) is 0 Å². The molecule has 4 rings (SSSR count). The van der Waals surface area contributed by atoms with E-state index in [2.05, 4.69) is 115 Å². The van der Waals surface area contributed by atoms with Crippen LogP contribution in [-0.4, -0.2) is 19.6 Å². The average molecular weight is 435 g/mol. The van der Waals surface area contributed by atoms with E-state index in [-0.39, 0.29) is 0 Å². The third-order valence-corrected chi connectivity index (χ3v) is 10.5. The van der Waals surface area contributed by atoms with E-state index in [1.54, 1.807) is 0 Å². The maximum atomic E-state index is 2.33. The standard InChI is InChI=1S/C24H19Te/c1-4-10-20(11-5-1)21-16-18-24(19-17-21)25(22-12-6-2-7-13-22)23-14-8-3-9-15-23/h1-19H/q+1. The quantitative estimate of drug-likeness (QED) is 0.428. The van der Waals surface area contributed by atoms with E-state index < -0.39 is 19.6 Å². The van der Waals surface area contributed by atoms with Gasteiger partial charge in [-0.3, -0.25) is 0 Å². The third-order valence-electron chi connectivity index (χ3n) is 4.15. The SMILES string of the molecule is c1ccc(-c2ccc([Te+](c3ccccc3)c3ccccc3)cc2)cc1. The van der Waals surface area contributed by atoms with Gasteiger partial charge in [-0.25, -0.2) is 0 Å². The molecule has 0 saturated heterocycles. The molecule has 0 amide bonds. The Morgan fingerprint density at radius 2 is 0.680 bits per heavy atom. The molecular weight excluding hydrogens is 416 g/mol. The molecule has 0 bridgehead atoms. The van der Waals surface area contributed by atoms with Crippen LogP contribution in [-0.2, 0) is 0 Å². The molecule has 0 aliphatic heterocycles. The molecule has 4 aromatic carbocycles. The molecule has 120 valence electrons. The van der Waals surface area contributed by atoms with Gasteiger partial charge in [0.2, 0.25) is 0 Å². The van der Waals surface area contributed by atoms with Crippen molar-refractivity contribution in [1.29, 1.82) is 0 Å². The van der Waals surface area contributed by atoms with Gasteiger partial charge in [-0.05, 0) is 0 Å². The number of rotatable bonds is 4. The molecule has 4 aromatic rings. The van der Waals surface area contributed by atoms with Gasteiger partial charge in [-0.1, -0.05) is 0 Å². The first-order valence-electron chi connectivity index (χ1n) is 8.42. The van der Waals surface area contributed by atoms with Crippen LogP contribution in [0, 0.1) is 0 Å². The van der Waals surface area contributed by atoms with Crippen molar-refractivity contribution in [3.8, 4) is 11.1 Å². The van der Waals surface area contributed by atoms with E-state index >= 15 is 0 Å². The van der Waals surface area contributed by atoms with E-state index in [1.165, 1.54) is 22.0 Å². The molecule has 25 heavy (non-hydrogen) atoms. The molecule has 0 fully saturated rings. The van der Waals surface area contributed by atoms with Crippen molar-refractivity contribution in [2.45, 2.75) is 0 Å². The summed E-state index contributed by atoms with van der Waals surface area (Å²) < 4.78 is 4.47. The van der Waals surface area contributed by atoms with Gasteiger partial charge >= 0.3 is 157 Å². The van der Waals surface area contributed by atoms with Crippen molar-refractivity contribution in [2.24, 2.45) is 0 Å². The van der Waals surface area contributed by atoms with Crippen LogP contribution in [0.4, 0.5) is 0 Å². The Hall–Kier alpha value is -2.33. The zero-order valence-electron chi connectivity index (χ0n) is 13.9. The summed E-state index contributed by atoms with van der Waals surface area (Å²) in [7, 11) is 0. The van der Waals surface area contributed by atoms with Crippen LogP contribution < -0.4 is 10.8 Å². The Bertz CT molecular complexity index is 874. The van der Waals surface area contributed by atoms with Crippen LogP contribution in [0.2, 0.25) is 0 Å². The van der Waals surface area contributed by atoms with E-state index in [4.69, 9.17) is 0 Å². The second-order valence-corrected chi connectivity index (χ2v) is 11.6. The minimum atomic E-state index is -1.80. The van der Waals surface area contributed by atoms with Crippen molar-refractivity contribution >= 4 is 30.4 Å². The zero-order chi connectivity index (χ0) is 16.9. The van der Waals surface area contributed by atoms with Gasteiger partial charge in [0, 0.05) is 0 Å². The summed E-state index contributed by atoms with van der Waals surface area (Å²) >= 11 is -1.80.